The summed E-state index contributed by atoms with van der Waals surface area (Å²) in [6.45, 7) is 8.69. The third kappa shape index (κ3) is 11.2. The van der Waals surface area contributed by atoms with Crippen LogP contribution in [0.5, 0.6) is 0 Å². The van der Waals surface area contributed by atoms with E-state index in [0.29, 0.717) is 50.2 Å². The molecule has 1 saturated carbocycles. The maximum Gasteiger partial charge on any atom is 1.00 e. The van der Waals surface area contributed by atoms with Gasteiger partial charge in [-0.05, 0) is 83.5 Å². The standard InChI is InChI=1S/C42H40N8O11S3.3Na/c1-20-12-13-27(21(2)16-20)45-41-47-40(43)48-42(49-41)46-30-18-29(32(62-61-60-53)19-33(30)64(57,58)59)44-28-14-15-31-36-34(28)22(3)25-10-5-6-11-26(25)35(36)37(39(52)50(31)4)38(51)23-8-7-9-24(17-23)63(54,55)56;;;/h5-11,14-15,17-21,27,44,53H,3,12-13,16H2,1-2,4H3,(H,54,55,56)(H,57,58,59)(H4,43,45,46,47,48,49);;;/q;3*+1/p-3. The Balaban J connectivity index is 0.00000280. The summed E-state index contributed by atoms with van der Waals surface area (Å²) in [4.78, 5) is 39.9. The molecule has 0 spiro atoms. The zero-order chi connectivity index (χ0) is 45.8. The third-order valence-electron chi connectivity index (χ3n) is 11.4. The van der Waals surface area contributed by atoms with Gasteiger partial charge in [-0.25, -0.2) is 16.8 Å². The number of carbonyl (C=O) groups excluding carboxylic acids is 1. The molecule has 0 amide bonds. The zero-order valence-corrected chi connectivity index (χ0v) is 45.5. The zero-order valence-electron chi connectivity index (χ0n) is 37.1. The number of nitrogens with one attached hydrogen (secondary N) is 3. The Bertz CT molecular complexity index is 3410. The van der Waals surface area contributed by atoms with E-state index in [4.69, 9.17) is 5.73 Å². The predicted molar refractivity (Wildman–Crippen MR) is 236 cm³/mol. The van der Waals surface area contributed by atoms with Gasteiger partial charge in [0.2, 0.25) is 17.8 Å². The van der Waals surface area contributed by atoms with Crippen LogP contribution in [0.4, 0.5) is 34.9 Å². The van der Waals surface area contributed by atoms with Gasteiger partial charge in [-0.1, -0.05) is 56.8 Å². The van der Waals surface area contributed by atoms with Crippen LogP contribution in [0, 0.1) is 11.8 Å². The van der Waals surface area contributed by atoms with Crippen LogP contribution in [0.15, 0.2) is 92.3 Å². The van der Waals surface area contributed by atoms with E-state index < -0.39 is 41.4 Å². The topological polar surface area (TPSA) is 296 Å². The van der Waals surface area contributed by atoms with Crippen molar-refractivity contribution in [3.8, 4) is 0 Å². The SMILES string of the molecule is C=c1c2ccccc2c2c(C(=O)c3cccc(S(=O)(=O)[O-])c3)c(=O)n(C)c3ccc(Nc4cc(Nc5nc(N)nc(NC6CCC(C)CC6C)n5)c(S(=O)(=O)[O-])cc4SOO[O-])c1c23.[Na+].[Na+].[Na+]. The largest absolute Gasteiger partial charge is 1.00 e. The van der Waals surface area contributed by atoms with Crippen molar-refractivity contribution in [2.45, 2.75) is 53.8 Å². The first-order valence-electron chi connectivity index (χ1n) is 19.5. The summed E-state index contributed by atoms with van der Waals surface area (Å²) >= 11 is 0.294. The van der Waals surface area contributed by atoms with Crippen molar-refractivity contribution < 1.29 is 134 Å². The van der Waals surface area contributed by atoms with Gasteiger partial charge in [0, 0.05) is 40.5 Å². The van der Waals surface area contributed by atoms with Crippen molar-refractivity contribution in [3.63, 3.8) is 0 Å². The number of nitrogens with zero attached hydrogens (tertiary/aromatic N) is 4. The number of pyridine rings is 1. The van der Waals surface area contributed by atoms with Gasteiger partial charge in [0.25, 0.3) is 5.56 Å². The fourth-order valence-corrected chi connectivity index (χ4v) is 10.2. The number of benzene rings is 5. The number of nitrogens with two attached hydrogens (primary N) is 1. The Morgan fingerprint density at radius 2 is 1.54 bits per heavy atom. The molecule has 5 N–H and O–H groups in total. The Kier molecular flexibility index (Phi) is 17.8. The second kappa shape index (κ2) is 21.8. The van der Waals surface area contributed by atoms with E-state index in [1.807, 2.05) is 0 Å². The number of hydrogen-bond acceptors (Lipinski definition) is 19. The van der Waals surface area contributed by atoms with E-state index in [2.05, 4.69) is 60.7 Å². The number of aromatic nitrogens is 4. The third-order valence-corrected chi connectivity index (χ3v) is 13.8. The van der Waals surface area contributed by atoms with Crippen molar-refractivity contribution in [1.82, 2.24) is 19.5 Å². The van der Waals surface area contributed by atoms with E-state index in [9.17, 15) is 40.8 Å². The monoisotopic (exact) mass is 994 g/mol. The molecule has 25 heteroatoms. The fourth-order valence-electron chi connectivity index (χ4n) is 8.47. The van der Waals surface area contributed by atoms with Gasteiger partial charge < -0.3 is 40.6 Å². The summed E-state index contributed by atoms with van der Waals surface area (Å²) in [6, 6.07) is 16.8. The first-order valence-corrected chi connectivity index (χ1v) is 23.1. The molecule has 8 rings (SSSR count). The van der Waals surface area contributed by atoms with Gasteiger partial charge in [0.1, 0.15) is 20.2 Å². The molecule has 3 atom stereocenters. The predicted octanol–water partition coefficient (Wildman–Crippen LogP) is -4.25. The van der Waals surface area contributed by atoms with E-state index >= 15 is 0 Å². The van der Waals surface area contributed by atoms with Crippen molar-refractivity contribution >= 4 is 112 Å². The summed E-state index contributed by atoms with van der Waals surface area (Å²) in [7, 11) is -8.77. The van der Waals surface area contributed by atoms with Crippen molar-refractivity contribution in [1.29, 1.82) is 0 Å². The molecule has 67 heavy (non-hydrogen) atoms. The molecule has 1 aliphatic rings. The molecule has 1 fully saturated rings. The summed E-state index contributed by atoms with van der Waals surface area (Å²) in [5.41, 5.74) is 5.20. The van der Waals surface area contributed by atoms with Crippen LogP contribution in [0.3, 0.4) is 0 Å². The summed E-state index contributed by atoms with van der Waals surface area (Å²) in [5, 5.41) is 26.3. The van der Waals surface area contributed by atoms with E-state index in [1.54, 1.807) is 36.4 Å². The maximum absolute atomic E-state index is 14.4. The molecule has 2 aromatic heterocycles. The normalized spacial score (nSPS) is 16.2. The summed E-state index contributed by atoms with van der Waals surface area (Å²) < 4.78 is 80.1. The number of ketones is 1. The molecule has 0 aliphatic heterocycles. The minimum absolute atomic E-state index is 0. The second-order valence-electron chi connectivity index (χ2n) is 15.6. The van der Waals surface area contributed by atoms with Gasteiger partial charge in [-0.2, -0.15) is 19.3 Å². The van der Waals surface area contributed by atoms with Gasteiger partial charge in [-0.15, -0.1) is 0 Å². The quantitative estimate of drug-likeness (QED) is 0.0124. The van der Waals surface area contributed by atoms with Gasteiger partial charge in [0.05, 0.1) is 49.2 Å². The van der Waals surface area contributed by atoms with E-state index in [1.165, 1.54) is 29.8 Å². The first-order chi connectivity index (χ1) is 30.3. The molecule has 19 nitrogen and oxygen atoms in total. The Morgan fingerprint density at radius 1 is 0.836 bits per heavy atom. The number of carbonyl (C=O) groups is 1. The van der Waals surface area contributed by atoms with Crippen LogP contribution in [0.2, 0.25) is 0 Å². The molecule has 0 saturated heterocycles. The molecule has 5 aromatic carbocycles. The number of aryl methyl sites for hydroxylation is 1. The minimum atomic E-state index is -5.26. The molecular weight excluding hydrogens is 958 g/mol. The molecule has 332 valence electrons. The number of hydrogen-bond donors (Lipinski definition) is 4. The Morgan fingerprint density at radius 3 is 2.21 bits per heavy atom. The molecule has 2 heterocycles. The smallest absolute Gasteiger partial charge is 0.744 e. The van der Waals surface area contributed by atoms with Crippen molar-refractivity contribution in [3.05, 3.63) is 99.5 Å². The van der Waals surface area contributed by atoms with Gasteiger partial charge in [-0.3, -0.25) is 14.6 Å². The summed E-state index contributed by atoms with van der Waals surface area (Å²) in [5.74, 6) is -0.285. The molecule has 7 aromatic rings. The molecule has 3 unspecified atom stereocenters. The van der Waals surface area contributed by atoms with Gasteiger partial charge in [0.15, 0.2) is 5.78 Å². The Labute approximate surface area is 454 Å². The van der Waals surface area contributed by atoms with Crippen LogP contribution in [0.1, 0.15) is 49.0 Å². The van der Waals surface area contributed by atoms with Crippen LogP contribution in [0.25, 0.3) is 39.0 Å². The average molecular weight is 995 g/mol. The molecular formula is C42H37N8Na3O11S3. The molecule has 1 aliphatic carbocycles. The molecule has 0 bridgehead atoms. The minimum Gasteiger partial charge on any atom is -0.744 e. The van der Waals surface area contributed by atoms with E-state index in [-0.39, 0.29) is 157 Å². The van der Waals surface area contributed by atoms with Crippen molar-refractivity contribution in [2.24, 2.45) is 18.9 Å². The van der Waals surface area contributed by atoms with Crippen LogP contribution >= 0.6 is 12.0 Å². The number of fused-ring (bicyclic) bond motifs is 2. The first kappa shape index (κ1) is 54.7. The Hall–Kier alpha value is -3.24. The van der Waals surface area contributed by atoms with Crippen molar-refractivity contribution in [2.75, 3.05) is 21.7 Å². The van der Waals surface area contributed by atoms with E-state index in [0.717, 1.165) is 37.5 Å². The average Bonchev–Trinajstić information content (AvgIpc) is 3.24. The number of rotatable bonds is 13. The van der Waals surface area contributed by atoms with Crippen LogP contribution in [-0.4, -0.2) is 57.3 Å². The van der Waals surface area contributed by atoms with Gasteiger partial charge >= 0.3 is 88.7 Å². The van der Waals surface area contributed by atoms with Crippen LogP contribution < -0.4 is 126 Å². The van der Waals surface area contributed by atoms with Crippen LogP contribution in [-0.2, 0) is 36.7 Å². The summed E-state index contributed by atoms with van der Waals surface area (Å²) in [6.07, 6.45) is 2.83. The number of nitrogen functional groups attached to an aromatic ring is 1. The second-order valence-corrected chi connectivity index (χ2v) is 19.1. The number of anilines is 6. The molecule has 0 radical (unpaired) electrons. The maximum atomic E-state index is 14.4. The fraction of sp³-hybridized carbons (Fsp3) is 0.214.